The minimum Gasteiger partial charge on any atom is -0.464 e. The molecule has 0 radical (unpaired) electrons. The Bertz CT molecular complexity index is 975. The van der Waals surface area contributed by atoms with Gasteiger partial charge in [-0.15, -0.1) is 0 Å². The second kappa shape index (κ2) is 8.10. The van der Waals surface area contributed by atoms with E-state index in [9.17, 15) is 4.79 Å². The van der Waals surface area contributed by atoms with E-state index in [0.29, 0.717) is 24.8 Å². The van der Waals surface area contributed by atoms with E-state index in [1.54, 1.807) is 0 Å². The zero-order chi connectivity index (χ0) is 19.5. The van der Waals surface area contributed by atoms with Crippen LogP contribution in [0.4, 0.5) is 5.13 Å². The highest BCUT2D eigenvalue weighted by molar-refractivity contribution is 7.22. The Balaban J connectivity index is 1.52. The number of nitrogens with zero attached hydrogens (tertiary/aromatic N) is 4. The molecule has 1 saturated heterocycles. The van der Waals surface area contributed by atoms with Gasteiger partial charge >= 0.3 is 6.01 Å². The van der Waals surface area contributed by atoms with Crippen molar-refractivity contribution >= 4 is 32.7 Å². The molecule has 1 atom stereocenters. The van der Waals surface area contributed by atoms with Crippen LogP contribution in [0.25, 0.3) is 10.3 Å². The van der Waals surface area contributed by atoms with Crippen molar-refractivity contribution < 1.29 is 9.53 Å². The van der Waals surface area contributed by atoms with E-state index >= 15 is 0 Å². The van der Waals surface area contributed by atoms with Gasteiger partial charge in [0.2, 0.25) is 5.91 Å². The fourth-order valence-electron chi connectivity index (χ4n) is 3.41. The maximum atomic E-state index is 12.8. The molecule has 1 aliphatic heterocycles. The van der Waals surface area contributed by atoms with Crippen LogP contribution in [0.1, 0.15) is 31.0 Å². The first-order chi connectivity index (χ1) is 13.7. The number of thiazole rings is 1. The van der Waals surface area contributed by atoms with Crippen molar-refractivity contribution in [3.05, 3.63) is 41.6 Å². The number of aromatic nitrogens is 3. The van der Waals surface area contributed by atoms with Crippen LogP contribution < -0.4 is 15.0 Å². The predicted octanol–water partition coefficient (Wildman–Crippen LogP) is 3.08. The third-order valence-corrected chi connectivity index (χ3v) is 5.97. The van der Waals surface area contributed by atoms with Crippen LogP contribution in [0, 0.1) is 6.92 Å². The van der Waals surface area contributed by atoms with Gasteiger partial charge in [0.05, 0.1) is 17.0 Å². The van der Waals surface area contributed by atoms with Crippen molar-refractivity contribution in [1.29, 1.82) is 0 Å². The first-order valence-corrected chi connectivity index (χ1v) is 10.3. The summed E-state index contributed by atoms with van der Waals surface area (Å²) >= 11 is 1.54. The highest BCUT2D eigenvalue weighted by Gasteiger charge is 2.33. The first-order valence-electron chi connectivity index (χ1n) is 9.52. The lowest BCUT2D eigenvalue weighted by Gasteiger charge is -2.23. The number of rotatable bonds is 6. The van der Waals surface area contributed by atoms with E-state index in [0.717, 1.165) is 40.5 Å². The highest BCUT2D eigenvalue weighted by atomic mass is 32.1. The van der Waals surface area contributed by atoms with Crippen molar-refractivity contribution in [2.45, 2.75) is 39.3 Å². The molecule has 146 valence electrons. The maximum absolute atomic E-state index is 12.8. The van der Waals surface area contributed by atoms with Gasteiger partial charge in [-0.25, -0.2) is 0 Å². The number of hydrogen-bond donors (Lipinski definition) is 1. The Labute approximate surface area is 167 Å². The van der Waals surface area contributed by atoms with Gasteiger partial charge in [-0.3, -0.25) is 4.79 Å². The van der Waals surface area contributed by atoms with E-state index < -0.39 is 0 Å². The van der Waals surface area contributed by atoms with Crippen molar-refractivity contribution in [1.82, 2.24) is 20.3 Å². The summed E-state index contributed by atoms with van der Waals surface area (Å²) in [5, 5.41) is 3.88. The minimum atomic E-state index is -0.205. The van der Waals surface area contributed by atoms with Crippen molar-refractivity contribution in [3.8, 4) is 6.01 Å². The average Bonchev–Trinajstić information content (AvgIpc) is 3.34. The minimum absolute atomic E-state index is 0.0402. The highest BCUT2D eigenvalue weighted by Crippen LogP contribution is 2.34. The van der Waals surface area contributed by atoms with E-state index in [-0.39, 0.29) is 11.9 Å². The standard InChI is InChI=1S/C20H23N5O2S/c1-3-27-19-22-13(2)16-17(23-19)24-20(28-16)25-11-7-10-15(25)18(26)21-12-14-8-5-4-6-9-14/h4-6,8-9,15H,3,7,10-12H2,1-2H3,(H,21,26)/t15-/m1/s1. The zero-order valence-corrected chi connectivity index (χ0v) is 16.8. The molecule has 3 aromatic rings. The van der Waals surface area contributed by atoms with Crippen LogP contribution in [0.5, 0.6) is 6.01 Å². The molecule has 0 saturated carbocycles. The van der Waals surface area contributed by atoms with E-state index in [1.165, 1.54) is 11.3 Å². The molecule has 1 fully saturated rings. The third kappa shape index (κ3) is 3.77. The zero-order valence-electron chi connectivity index (χ0n) is 16.0. The number of carbonyl (C=O) groups excluding carboxylic acids is 1. The number of ether oxygens (including phenoxy) is 1. The van der Waals surface area contributed by atoms with Gasteiger partial charge in [-0.05, 0) is 32.3 Å². The van der Waals surface area contributed by atoms with Crippen LogP contribution in [-0.2, 0) is 11.3 Å². The summed E-state index contributed by atoms with van der Waals surface area (Å²) in [4.78, 5) is 28.4. The maximum Gasteiger partial charge on any atom is 0.318 e. The molecule has 2 aromatic heterocycles. The summed E-state index contributed by atoms with van der Waals surface area (Å²) < 4.78 is 6.37. The molecule has 0 unspecified atom stereocenters. The van der Waals surface area contributed by atoms with Gasteiger partial charge in [0.15, 0.2) is 10.8 Å². The quantitative estimate of drug-likeness (QED) is 0.689. The summed E-state index contributed by atoms with van der Waals surface area (Å²) in [6.45, 7) is 5.69. The van der Waals surface area contributed by atoms with Gasteiger partial charge < -0.3 is 15.0 Å². The van der Waals surface area contributed by atoms with Crippen LogP contribution in [0.3, 0.4) is 0 Å². The van der Waals surface area contributed by atoms with Crippen LogP contribution in [-0.4, -0.2) is 40.1 Å². The second-order valence-corrected chi connectivity index (χ2v) is 7.71. The van der Waals surface area contributed by atoms with E-state index in [2.05, 4.69) is 25.2 Å². The monoisotopic (exact) mass is 397 g/mol. The Hall–Kier alpha value is -2.74. The Morgan fingerprint density at radius 1 is 1.29 bits per heavy atom. The lowest BCUT2D eigenvalue weighted by molar-refractivity contribution is -0.122. The first kappa shape index (κ1) is 18.6. The van der Waals surface area contributed by atoms with Gasteiger partial charge in [0.25, 0.3) is 0 Å². The molecule has 0 spiro atoms. The topological polar surface area (TPSA) is 80.2 Å². The van der Waals surface area contributed by atoms with E-state index in [4.69, 9.17) is 4.74 Å². The number of nitrogens with one attached hydrogen (secondary N) is 1. The fraction of sp³-hybridized carbons (Fsp3) is 0.400. The van der Waals surface area contributed by atoms with Crippen molar-refractivity contribution in [2.24, 2.45) is 0 Å². The van der Waals surface area contributed by atoms with Crippen molar-refractivity contribution in [2.75, 3.05) is 18.1 Å². The SMILES string of the molecule is CCOc1nc(C)c2sc(N3CCC[C@@H]3C(=O)NCc3ccccc3)nc2n1. The predicted molar refractivity (Wildman–Crippen MR) is 110 cm³/mol. The van der Waals surface area contributed by atoms with Gasteiger partial charge in [0, 0.05) is 13.1 Å². The number of amides is 1. The van der Waals surface area contributed by atoms with Crippen molar-refractivity contribution in [3.63, 3.8) is 0 Å². The molecule has 1 aliphatic rings. The lowest BCUT2D eigenvalue weighted by Crippen LogP contribution is -2.43. The molecule has 3 heterocycles. The summed E-state index contributed by atoms with van der Waals surface area (Å²) in [5.41, 5.74) is 2.57. The number of fused-ring (bicyclic) bond motifs is 1. The number of aryl methyl sites for hydroxylation is 1. The van der Waals surface area contributed by atoms with Crippen LogP contribution in [0.2, 0.25) is 0 Å². The Morgan fingerprint density at radius 2 is 2.11 bits per heavy atom. The Morgan fingerprint density at radius 3 is 2.89 bits per heavy atom. The van der Waals surface area contributed by atoms with Crippen LogP contribution >= 0.6 is 11.3 Å². The van der Waals surface area contributed by atoms with Gasteiger partial charge in [0.1, 0.15) is 6.04 Å². The van der Waals surface area contributed by atoms with Crippen LogP contribution in [0.15, 0.2) is 30.3 Å². The summed E-state index contributed by atoms with van der Waals surface area (Å²) in [5.74, 6) is 0.0402. The number of carbonyl (C=O) groups is 1. The molecule has 4 rings (SSSR count). The molecule has 0 bridgehead atoms. The Kier molecular flexibility index (Phi) is 5.38. The summed E-state index contributed by atoms with van der Waals surface area (Å²) in [6, 6.07) is 10.1. The molecule has 1 aromatic carbocycles. The smallest absolute Gasteiger partial charge is 0.318 e. The third-order valence-electron chi connectivity index (χ3n) is 4.78. The van der Waals surface area contributed by atoms with Gasteiger partial charge in [-0.2, -0.15) is 15.0 Å². The molecule has 7 nitrogen and oxygen atoms in total. The van der Waals surface area contributed by atoms with E-state index in [1.807, 2.05) is 44.2 Å². The molecule has 1 amide bonds. The largest absolute Gasteiger partial charge is 0.464 e. The normalized spacial score (nSPS) is 16.5. The molecular formula is C20H23N5O2S. The number of anilines is 1. The number of benzene rings is 1. The number of hydrogen-bond acceptors (Lipinski definition) is 7. The molecule has 1 N–H and O–H groups in total. The fourth-order valence-corrected chi connectivity index (χ4v) is 4.44. The molecular weight excluding hydrogens is 374 g/mol. The molecule has 8 heteroatoms. The summed E-state index contributed by atoms with van der Waals surface area (Å²) in [7, 11) is 0. The average molecular weight is 398 g/mol. The summed E-state index contributed by atoms with van der Waals surface area (Å²) in [6.07, 6.45) is 1.79. The lowest BCUT2D eigenvalue weighted by atomic mass is 10.2. The second-order valence-electron chi connectivity index (χ2n) is 6.73. The molecule has 28 heavy (non-hydrogen) atoms. The molecule has 0 aliphatic carbocycles. The van der Waals surface area contributed by atoms with Gasteiger partial charge in [-0.1, -0.05) is 41.7 Å².